The zero-order valence-corrected chi connectivity index (χ0v) is 12.6. The Balaban J connectivity index is 2.05. The topological polar surface area (TPSA) is 23.8 Å². The Kier molecular flexibility index (Phi) is 3.29. The summed E-state index contributed by atoms with van der Waals surface area (Å²) in [5.74, 6) is 0.967. The second kappa shape index (κ2) is 4.97. The Labute approximate surface area is 124 Å². The lowest BCUT2D eigenvalue weighted by atomic mass is 10.1. The van der Waals surface area contributed by atoms with Gasteiger partial charge in [0.25, 0.3) is 0 Å². The van der Waals surface area contributed by atoms with E-state index in [0.717, 1.165) is 22.5 Å². The highest BCUT2D eigenvalue weighted by molar-refractivity contribution is 7.99. The summed E-state index contributed by atoms with van der Waals surface area (Å²) in [4.78, 5) is 1.17. The normalized spacial score (nSPS) is 21.1. The Morgan fingerprint density at radius 1 is 1.20 bits per heavy atom. The SMILES string of the molecule is Cc1cc(C#N)c2c(c1)C[N+](C)(c1ccccc1)CS2. The third kappa shape index (κ3) is 2.22. The smallest absolute Gasteiger partial charge is 0.135 e. The van der Waals surface area contributed by atoms with Crippen LogP contribution in [0.5, 0.6) is 0 Å². The molecule has 0 aliphatic carbocycles. The van der Waals surface area contributed by atoms with Crippen molar-refractivity contribution in [3.63, 3.8) is 0 Å². The molecule has 2 nitrogen and oxygen atoms in total. The van der Waals surface area contributed by atoms with E-state index in [4.69, 9.17) is 0 Å². The number of quaternary nitrogens is 1. The van der Waals surface area contributed by atoms with Crippen LogP contribution in [0.3, 0.4) is 0 Å². The molecule has 1 heterocycles. The van der Waals surface area contributed by atoms with Gasteiger partial charge in [-0.1, -0.05) is 30.0 Å². The van der Waals surface area contributed by atoms with Gasteiger partial charge < -0.3 is 0 Å². The first kappa shape index (κ1) is 13.2. The first-order valence-corrected chi connectivity index (χ1v) is 7.67. The van der Waals surface area contributed by atoms with Crippen LogP contribution >= 0.6 is 11.8 Å². The number of fused-ring (bicyclic) bond motifs is 1. The molecule has 0 bridgehead atoms. The number of benzene rings is 2. The van der Waals surface area contributed by atoms with Crippen LogP contribution in [-0.2, 0) is 6.54 Å². The lowest BCUT2D eigenvalue weighted by Crippen LogP contribution is -2.46. The van der Waals surface area contributed by atoms with Gasteiger partial charge in [0.05, 0.1) is 12.6 Å². The summed E-state index contributed by atoms with van der Waals surface area (Å²) in [5.41, 5.74) is 4.61. The highest BCUT2D eigenvalue weighted by atomic mass is 32.2. The van der Waals surface area contributed by atoms with Gasteiger partial charge in [0, 0.05) is 10.5 Å². The average Bonchev–Trinajstić information content (AvgIpc) is 2.47. The molecule has 3 heteroatoms. The maximum absolute atomic E-state index is 9.30. The zero-order valence-electron chi connectivity index (χ0n) is 11.8. The molecule has 20 heavy (non-hydrogen) atoms. The van der Waals surface area contributed by atoms with E-state index in [-0.39, 0.29) is 0 Å². The van der Waals surface area contributed by atoms with E-state index in [1.165, 1.54) is 21.7 Å². The molecule has 0 aromatic heterocycles. The Morgan fingerprint density at radius 3 is 2.65 bits per heavy atom. The Hall–Kier alpha value is -1.76. The van der Waals surface area contributed by atoms with Crippen molar-refractivity contribution in [2.45, 2.75) is 18.4 Å². The molecular formula is C17H17N2S+. The van der Waals surface area contributed by atoms with E-state index in [1.54, 1.807) is 11.8 Å². The number of para-hydroxylation sites is 1. The van der Waals surface area contributed by atoms with Crippen molar-refractivity contribution < 1.29 is 0 Å². The molecule has 0 N–H and O–H groups in total. The number of hydrogen-bond acceptors (Lipinski definition) is 2. The van der Waals surface area contributed by atoms with Crippen LogP contribution in [0.2, 0.25) is 0 Å². The lowest BCUT2D eigenvalue weighted by molar-refractivity contribution is 0.367. The van der Waals surface area contributed by atoms with Crippen molar-refractivity contribution in [2.24, 2.45) is 0 Å². The molecule has 1 aliphatic heterocycles. The van der Waals surface area contributed by atoms with E-state index in [2.05, 4.69) is 56.4 Å². The zero-order chi connectivity index (χ0) is 14.2. The van der Waals surface area contributed by atoms with Crippen LogP contribution < -0.4 is 4.48 Å². The summed E-state index contributed by atoms with van der Waals surface area (Å²) >= 11 is 1.80. The van der Waals surface area contributed by atoms with Gasteiger partial charge in [-0.3, -0.25) is 4.48 Å². The van der Waals surface area contributed by atoms with E-state index in [0.29, 0.717) is 0 Å². The molecule has 0 radical (unpaired) electrons. The van der Waals surface area contributed by atoms with Gasteiger partial charge in [0.15, 0.2) is 0 Å². The van der Waals surface area contributed by atoms with Crippen molar-refractivity contribution in [3.05, 3.63) is 59.2 Å². The minimum absolute atomic E-state index is 0.823. The summed E-state index contributed by atoms with van der Waals surface area (Å²) < 4.78 is 0.882. The van der Waals surface area contributed by atoms with Gasteiger partial charge in [0.2, 0.25) is 0 Å². The fraction of sp³-hybridized carbons (Fsp3) is 0.235. The first-order chi connectivity index (χ1) is 9.62. The maximum atomic E-state index is 9.30. The standard InChI is InChI=1S/C17H17N2S/c1-13-8-14(10-18)17-15(9-13)11-19(2,12-20-17)16-6-4-3-5-7-16/h3-9H,11-12H2,1-2H3/q+1. The van der Waals surface area contributed by atoms with Crippen molar-refractivity contribution in [1.29, 1.82) is 5.26 Å². The molecule has 1 unspecified atom stereocenters. The molecule has 0 amide bonds. The molecule has 3 rings (SSSR count). The van der Waals surface area contributed by atoms with Crippen molar-refractivity contribution in [1.82, 2.24) is 4.48 Å². The van der Waals surface area contributed by atoms with Crippen molar-refractivity contribution in [2.75, 3.05) is 12.9 Å². The predicted molar refractivity (Wildman–Crippen MR) is 84.5 cm³/mol. The third-order valence-electron chi connectivity index (χ3n) is 3.82. The summed E-state index contributed by atoms with van der Waals surface area (Å²) in [6.45, 7) is 3.01. The van der Waals surface area contributed by atoms with Crippen LogP contribution in [0.15, 0.2) is 47.4 Å². The molecule has 2 aromatic carbocycles. The van der Waals surface area contributed by atoms with E-state index in [1.807, 2.05) is 6.07 Å². The van der Waals surface area contributed by atoms with Gasteiger partial charge in [-0.25, -0.2) is 0 Å². The second-order valence-corrected chi connectivity index (χ2v) is 6.53. The molecule has 1 atom stereocenters. The number of rotatable bonds is 1. The van der Waals surface area contributed by atoms with Crippen LogP contribution in [-0.4, -0.2) is 12.9 Å². The number of hydrogen-bond donors (Lipinski definition) is 0. The number of thioether (sulfide) groups is 1. The molecule has 0 spiro atoms. The van der Waals surface area contributed by atoms with Gasteiger partial charge >= 0.3 is 0 Å². The molecule has 0 saturated carbocycles. The predicted octanol–water partition coefficient (Wildman–Crippen LogP) is 4.07. The Morgan fingerprint density at radius 2 is 1.95 bits per heavy atom. The number of nitriles is 1. The van der Waals surface area contributed by atoms with Gasteiger partial charge in [0.1, 0.15) is 24.2 Å². The minimum Gasteiger partial charge on any atom is -0.281 e. The number of aryl methyl sites for hydroxylation is 1. The summed E-state index contributed by atoms with van der Waals surface area (Å²) in [6, 6.07) is 17.2. The van der Waals surface area contributed by atoms with E-state index >= 15 is 0 Å². The summed E-state index contributed by atoms with van der Waals surface area (Å²) in [7, 11) is 2.26. The van der Waals surface area contributed by atoms with E-state index in [9.17, 15) is 5.26 Å². The van der Waals surface area contributed by atoms with Gasteiger partial charge in [-0.2, -0.15) is 5.26 Å². The molecule has 1 aliphatic rings. The van der Waals surface area contributed by atoms with Crippen LogP contribution in [0.4, 0.5) is 5.69 Å². The molecule has 2 aromatic rings. The average molecular weight is 281 g/mol. The highest BCUT2D eigenvalue weighted by Crippen LogP contribution is 2.39. The molecule has 0 saturated heterocycles. The van der Waals surface area contributed by atoms with Crippen LogP contribution in [0.25, 0.3) is 0 Å². The summed E-state index contributed by atoms with van der Waals surface area (Å²) in [6.07, 6.45) is 0. The fourth-order valence-corrected chi connectivity index (χ4v) is 4.02. The van der Waals surface area contributed by atoms with Crippen molar-refractivity contribution in [3.8, 4) is 6.07 Å². The van der Waals surface area contributed by atoms with Crippen LogP contribution in [0.1, 0.15) is 16.7 Å². The highest BCUT2D eigenvalue weighted by Gasteiger charge is 2.32. The third-order valence-corrected chi connectivity index (χ3v) is 5.29. The quantitative estimate of drug-likeness (QED) is 0.736. The lowest BCUT2D eigenvalue weighted by Gasteiger charge is -2.38. The molecule has 0 fully saturated rings. The minimum atomic E-state index is 0.823. The van der Waals surface area contributed by atoms with Gasteiger partial charge in [-0.15, -0.1) is 0 Å². The van der Waals surface area contributed by atoms with Crippen molar-refractivity contribution >= 4 is 17.4 Å². The molecule has 100 valence electrons. The monoisotopic (exact) mass is 281 g/mol. The fourth-order valence-electron chi connectivity index (χ4n) is 2.80. The van der Waals surface area contributed by atoms with Gasteiger partial charge in [-0.05, 0) is 36.8 Å². The molecular weight excluding hydrogens is 264 g/mol. The van der Waals surface area contributed by atoms with E-state index < -0.39 is 0 Å². The van der Waals surface area contributed by atoms with Crippen LogP contribution in [0, 0.1) is 18.3 Å². The Bertz CT molecular complexity index is 688. The second-order valence-electron chi connectivity index (χ2n) is 5.58. The summed E-state index contributed by atoms with van der Waals surface area (Å²) in [5, 5.41) is 9.30. The first-order valence-electron chi connectivity index (χ1n) is 6.69. The maximum Gasteiger partial charge on any atom is 0.135 e. The number of nitrogens with zero attached hydrogens (tertiary/aromatic N) is 2. The largest absolute Gasteiger partial charge is 0.281 e.